The lowest BCUT2D eigenvalue weighted by Gasteiger charge is -2.28. The molecule has 156 valence electrons. The maximum Gasteiger partial charge on any atom is 0.119 e. The summed E-state index contributed by atoms with van der Waals surface area (Å²) in [5, 5.41) is 4.69. The van der Waals surface area contributed by atoms with E-state index in [4.69, 9.17) is 32.7 Å². The van der Waals surface area contributed by atoms with Crippen molar-refractivity contribution >= 4 is 34.6 Å². The number of anilines is 2. The normalized spacial score (nSPS) is 13.9. The molecule has 3 aromatic rings. The summed E-state index contributed by atoms with van der Waals surface area (Å²) in [6.07, 6.45) is 0. The van der Waals surface area contributed by atoms with Crippen LogP contribution in [-0.4, -0.2) is 26.3 Å². The van der Waals surface area contributed by atoms with Gasteiger partial charge in [-0.3, -0.25) is 0 Å². The second-order valence-electron chi connectivity index (χ2n) is 7.13. The van der Waals surface area contributed by atoms with E-state index in [0.717, 1.165) is 49.8 Å². The molecule has 0 aliphatic carbocycles. The van der Waals surface area contributed by atoms with Crippen molar-refractivity contribution in [2.24, 2.45) is 0 Å². The molecule has 4 rings (SSSR count). The maximum absolute atomic E-state index is 6.19. The first-order chi connectivity index (χ1) is 14.7. The van der Waals surface area contributed by atoms with Crippen molar-refractivity contribution in [1.82, 2.24) is 0 Å². The fourth-order valence-corrected chi connectivity index (χ4v) is 3.85. The van der Waals surface area contributed by atoms with Gasteiger partial charge in [-0.25, -0.2) is 0 Å². The van der Waals surface area contributed by atoms with Crippen LogP contribution in [0.15, 0.2) is 66.7 Å². The predicted octanol–water partition coefficient (Wildman–Crippen LogP) is 6.02. The Hall–Kier alpha value is -2.40. The fourth-order valence-electron chi connectivity index (χ4n) is 3.35. The van der Waals surface area contributed by atoms with Gasteiger partial charge in [-0.2, -0.15) is 0 Å². The minimum absolute atomic E-state index is 0.339. The smallest absolute Gasteiger partial charge is 0.119 e. The van der Waals surface area contributed by atoms with E-state index in [1.807, 2.05) is 30.3 Å². The highest BCUT2D eigenvalue weighted by atomic mass is 35.5. The van der Waals surface area contributed by atoms with Crippen LogP contribution in [0.3, 0.4) is 0 Å². The van der Waals surface area contributed by atoms with Gasteiger partial charge in [-0.05, 0) is 54.1 Å². The molecule has 0 aromatic heterocycles. The van der Waals surface area contributed by atoms with Crippen LogP contribution >= 0.6 is 23.2 Å². The number of morpholine rings is 1. The summed E-state index contributed by atoms with van der Waals surface area (Å²) >= 11 is 12.4. The average molecular weight is 443 g/mol. The highest BCUT2D eigenvalue weighted by Crippen LogP contribution is 2.26. The van der Waals surface area contributed by atoms with E-state index < -0.39 is 0 Å². The summed E-state index contributed by atoms with van der Waals surface area (Å²) in [6, 6.07) is 22.0. The van der Waals surface area contributed by atoms with Gasteiger partial charge in [0.15, 0.2) is 0 Å². The van der Waals surface area contributed by atoms with Crippen LogP contribution in [0.1, 0.15) is 11.1 Å². The van der Waals surface area contributed by atoms with Gasteiger partial charge in [0.25, 0.3) is 0 Å². The summed E-state index contributed by atoms with van der Waals surface area (Å²) < 4.78 is 11.3. The van der Waals surface area contributed by atoms with Crippen LogP contribution < -0.4 is 15.0 Å². The third-order valence-electron chi connectivity index (χ3n) is 5.11. The van der Waals surface area contributed by atoms with E-state index in [-0.39, 0.29) is 0 Å². The lowest BCUT2D eigenvalue weighted by molar-refractivity contribution is 0.122. The Morgan fingerprint density at radius 3 is 2.20 bits per heavy atom. The highest BCUT2D eigenvalue weighted by molar-refractivity contribution is 6.35. The maximum atomic E-state index is 6.19. The molecular formula is C24H24Cl2N2O2. The number of hydrogen-bond donors (Lipinski definition) is 1. The molecule has 6 heteroatoms. The van der Waals surface area contributed by atoms with E-state index in [2.05, 4.69) is 46.6 Å². The zero-order valence-electron chi connectivity index (χ0n) is 16.6. The van der Waals surface area contributed by atoms with Gasteiger partial charge >= 0.3 is 0 Å². The lowest BCUT2D eigenvalue weighted by atomic mass is 10.2. The molecule has 0 saturated carbocycles. The zero-order valence-corrected chi connectivity index (χ0v) is 18.1. The van der Waals surface area contributed by atoms with Crippen molar-refractivity contribution in [3.05, 3.63) is 87.9 Å². The zero-order chi connectivity index (χ0) is 20.8. The molecule has 1 saturated heterocycles. The van der Waals surface area contributed by atoms with Gasteiger partial charge < -0.3 is 19.7 Å². The van der Waals surface area contributed by atoms with Crippen molar-refractivity contribution in [3.8, 4) is 5.75 Å². The highest BCUT2D eigenvalue weighted by Gasteiger charge is 2.10. The predicted molar refractivity (Wildman–Crippen MR) is 124 cm³/mol. The van der Waals surface area contributed by atoms with Gasteiger partial charge in [-0.1, -0.05) is 41.4 Å². The molecule has 0 bridgehead atoms. The Kier molecular flexibility index (Phi) is 7.00. The molecule has 0 radical (unpaired) electrons. The third kappa shape index (κ3) is 5.39. The Morgan fingerprint density at radius 2 is 1.53 bits per heavy atom. The second kappa shape index (κ2) is 10.1. The Bertz CT molecular complexity index is 936. The molecule has 4 nitrogen and oxygen atoms in total. The SMILES string of the molecule is Clc1cccc(Cl)c1COc1ccc(CNc2ccc(N3CCOCC3)cc2)cc1. The van der Waals surface area contributed by atoms with Crippen molar-refractivity contribution in [1.29, 1.82) is 0 Å². The first-order valence-corrected chi connectivity index (χ1v) is 10.8. The standard InChI is InChI=1S/C24H24Cl2N2O2/c25-23-2-1-3-24(26)22(23)17-30-21-10-4-18(5-11-21)16-27-19-6-8-20(9-7-19)28-12-14-29-15-13-28/h1-11,27H,12-17H2. The molecule has 0 atom stereocenters. The number of rotatable bonds is 7. The topological polar surface area (TPSA) is 33.7 Å². The van der Waals surface area contributed by atoms with Gasteiger partial charge in [-0.15, -0.1) is 0 Å². The summed E-state index contributed by atoms with van der Waals surface area (Å²) in [7, 11) is 0. The summed E-state index contributed by atoms with van der Waals surface area (Å²) in [5.74, 6) is 0.782. The molecule has 0 unspecified atom stereocenters. The number of hydrogen-bond acceptors (Lipinski definition) is 4. The molecule has 1 heterocycles. The first kappa shape index (κ1) is 20.9. The Balaban J connectivity index is 1.28. The molecule has 0 spiro atoms. The molecule has 30 heavy (non-hydrogen) atoms. The summed E-state index contributed by atoms with van der Waals surface area (Å²) in [5.41, 5.74) is 4.31. The molecule has 0 amide bonds. The molecular weight excluding hydrogens is 419 g/mol. The van der Waals surface area contributed by atoms with Crippen molar-refractivity contribution in [3.63, 3.8) is 0 Å². The van der Waals surface area contributed by atoms with E-state index in [1.165, 1.54) is 11.3 Å². The third-order valence-corrected chi connectivity index (χ3v) is 5.82. The number of nitrogens with zero attached hydrogens (tertiary/aromatic N) is 1. The van der Waals surface area contributed by atoms with Gasteiger partial charge in [0.1, 0.15) is 12.4 Å². The molecule has 1 aliphatic heterocycles. The molecule has 1 N–H and O–H groups in total. The quantitative estimate of drug-likeness (QED) is 0.484. The first-order valence-electron chi connectivity index (χ1n) is 10.0. The van der Waals surface area contributed by atoms with Crippen LogP contribution in [-0.2, 0) is 17.9 Å². The van der Waals surface area contributed by atoms with Crippen LogP contribution in [0.2, 0.25) is 10.0 Å². The van der Waals surface area contributed by atoms with Crippen molar-refractivity contribution in [2.45, 2.75) is 13.2 Å². The van der Waals surface area contributed by atoms with Crippen LogP contribution in [0, 0.1) is 0 Å². The number of ether oxygens (including phenoxy) is 2. The number of halogens is 2. The van der Waals surface area contributed by atoms with Gasteiger partial charge in [0.2, 0.25) is 0 Å². The molecule has 1 fully saturated rings. The minimum atomic E-state index is 0.339. The van der Waals surface area contributed by atoms with Crippen LogP contribution in [0.4, 0.5) is 11.4 Å². The fraction of sp³-hybridized carbons (Fsp3) is 0.250. The minimum Gasteiger partial charge on any atom is -0.489 e. The van der Waals surface area contributed by atoms with Crippen molar-refractivity contribution in [2.75, 3.05) is 36.5 Å². The number of benzene rings is 3. The van der Waals surface area contributed by atoms with E-state index in [9.17, 15) is 0 Å². The Morgan fingerprint density at radius 1 is 0.867 bits per heavy atom. The lowest BCUT2D eigenvalue weighted by Crippen LogP contribution is -2.36. The monoisotopic (exact) mass is 442 g/mol. The van der Waals surface area contributed by atoms with Crippen LogP contribution in [0.25, 0.3) is 0 Å². The van der Waals surface area contributed by atoms with E-state index >= 15 is 0 Å². The largest absolute Gasteiger partial charge is 0.489 e. The Labute approximate surface area is 187 Å². The second-order valence-corrected chi connectivity index (χ2v) is 7.95. The summed E-state index contributed by atoms with van der Waals surface area (Å²) in [4.78, 5) is 2.35. The van der Waals surface area contributed by atoms with Crippen LogP contribution in [0.5, 0.6) is 5.75 Å². The van der Waals surface area contributed by atoms with Gasteiger partial charge in [0.05, 0.1) is 13.2 Å². The molecule has 1 aliphatic rings. The number of nitrogens with one attached hydrogen (secondary N) is 1. The summed E-state index contributed by atoms with van der Waals surface area (Å²) in [6.45, 7) is 4.57. The van der Waals surface area contributed by atoms with E-state index in [0.29, 0.717) is 16.7 Å². The molecule has 3 aromatic carbocycles. The average Bonchev–Trinajstić information content (AvgIpc) is 2.79. The van der Waals surface area contributed by atoms with E-state index in [1.54, 1.807) is 0 Å². The van der Waals surface area contributed by atoms with Crippen molar-refractivity contribution < 1.29 is 9.47 Å². The van der Waals surface area contributed by atoms with Gasteiger partial charge in [0, 0.05) is 46.6 Å².